The Hall–Kier alpha value is -1.99. The fourth-order valence-electron chi connectivity index (χ4n) is 2.40. The number of amides is 2. The topological polar surface area (TPSA) is 104 Å². The second-order valence-corrected chi connectivity index (χ2v) is 5.18. The third-order valence-corrected chi connectivity index (χ3v) is 3.62. The largest absolute Gasteiger partial charge is 0.346 e. The molecule has 2 fully saturated rings. The summed E-state index contributed by atoms with van der Waals surface area (Å²) < 4.78 is 0. The van der Waals surface area contributed by atoms with Crippen molar-refractivity contribution in [2.75, 3.05) is 6.54 Å². The van der Waals surface area contributed by atoms with E-state index in [1.165, 1.54) is 0 Å². The van der Waals surface area contributed by atoms with Crippen LogP contribution in [0.15, 0.2) is 0 Å². The molecule has 2 N–H and O–H groups in total. The first-order valence-corrected chi connectivity index (χ1v) is 6.48. The highest BCUT2D eigenvalue weighted by molar-refractivity contribution is 5.89. The van der Waals surface area contributed by atoms with Crippen LogP contribution in [0.1, 0.15) is 38.1 Å². The minimum Gasteiger partial charge on any atom is -0.346 e. The maximum atomic E-state index is 12.1. The molecule has 0 radical (unpaired) electrons. The lowest BCUT2D eigenvalue weighted by Crippen LogP contribution is -2.35. The van der Waals surface area contributed by atoms with Crippen molar-refractivity contribution in [1.29, 1.82) is 0 Å². The summed E-state index contributed by atoms with van der Waals surface area (Å²) in [4.78, 5) is 25.7. The molecule has 0 bridgehead atoms. The summed E-state index contributed by atoms with van der Waals surface area (Å²) in [6.45, 7) is 2.33. The molecule has 3 rings (SSSR count). The van der Waals surface area contributed by atoms with Crippen LogP contribution in [0, 0.1) is 5.92 Å². The van der Waals surface area contributed by atoms with Gasteiger partial charge in [-0.25, -0.2) is 0 Å². The molecule has 1 aromatic rings. The van der Waals surface area contributed by atoms with Crippen LogP contribution in [0.2, 0.25) is 0 Å². The van der Waals surface area contributed by atoms with Crippen molar-refractivity contribution in [3.63, 3.8) is 0 Å². The first-order valence-electron chi connectivity index (χ1n) is 6.48. The Bertz CT molecular complexity index is 483. The van der Waals surface area contributed by atoms with Gasteiger partial charge in [-0.05, 0) is 19.8 Å². The zero-order chi connectivity index (χ0) is 13.4. The first kappa shape index (κ1) is 12.1. The summed E-state index contributed by atoms with van der Waals surface area (Å²) in [5.74, 6) is 0.155. The van der Waals surface area contributed by atoms with Gasteiger partial charge in [-0.3, -0.25) is 9.59 Å². The number of H-pyrrole nitrogens is 1. The fraction of sp³-hybridized carbons (Fsp3) is 0.727. The van der Waals surface area contributed by atoms with Crippen LogP contribution in [0.4, 0.5) is 0 Å². The molecule has 102 valence electrons. The van der Waals surface area contributed by atoms with Crippen molar-refractivity contribution in [2.24, 2.45) is 5.92 Å². The molecule has 19 heavy (non-hydrogen) atoms. The van der Waals surface area contributed by atoms with Gasteiger partial charge >= 0.3 is 0 Å². The van der Waals surface area contributed by atoms with E-state index in [-0.39, 0.29) is 23.8 Å². The van der Waals surface area contributed by atoms with E-state index in [0.717, 1.165) is 12.8 Å². The Morgan fingerprint density at radius 1 is 1.53 bits per heavy atom. The summed E-state index contributed by atoms with van der Waals surface area (Å²) in [5, 5.41) is 16.3. The number of hydrogen-bond acceptors (Lipinski definition) is 5. The van der Waals surface area contributed by atoms with Crippen LogP contribution >= 0.6 is 0 Å². The third-order valence-electron chi connectivity index (χ3n) is 3.62. The number of tetrazole rings is 1. The minimum absolute atomic E-state index is 0.0925. The fourth-order valence-corrected chi connectivity index (χ4v) is 2.40. The second-order valence-electron chi connectivity index (χ2n) is 5.18. The Morgan fingerprint density at radius 3 is 2.95 bits per heavy atom. The molecule has 2 unspecified atom stereocenters. The average molecular weight is 264 g/mol. The summed E-state index contributed by atoms with van der Waals surface area (Å²) in [5.41, 5.74) is 0. The lowest BCUT2D eigenvalue weighted by molar-refractivity contribution is -0.129. The number of aromatic nitrogens is 4. The van der Waals surface area contributed by atoms with E-state index >= 15 is 0 Å². The van der Waals surface area contributed by atoms with Crippen LogP contribution in [-0.2, 0) is 9.59 Å². The highest BCUT2D eigenvalue weighted by atomic mass is 16.2. The molecule has 1 aromatic heterocycles. The molecule has 0 aromatic carbocycles. The van der Waals surface area contributed by atoms with E-state index in [9.17, 15) is 9.59 Å². The molecule has 0 spiro atoms. The van der Waals surface area contributed by atoms with E-state index in [1.807, 2.05) is 4.90 Å². The van der Waals surface area contributed by atoms with Gasteiger partial charge in [-0.1, -0.05) is 5.21 Å². The molecule has 1 saturated heterocycles. The van der Waals surface area contributed by atoms with E-state index in [2.05, 4.69) is 25.9 Å². The van der Waals surface area contributed by atoms with Gasteiger partial charge in [0.1, 0.15) is 0 Å². The van der Waals surface area contributed by atoms with Crippen molar-refractivity contribution in [2.45, 2.75) is 38.3 Å². The van der Waals surface area contributed by atoms with E-state index < -0.39 is 0 Å². The summed E-state index contributed by atoms with van der Waals surface area (Å²) in [6, 6.07) is 0.0660. The molecule has 2 aliphatic rings. The number of likely N-dealkylation sites (tertiary alicyclic amines) is 1. The quantitative estimate of drug-likeness (QED) is 0.754. The van der Waals surface area contributed by atoms with Gasteiger partial charge in [-0.2, -0.15) is 5.21 Å². The molecule has 8 heteroatoms. The van der Waals surface area contributed by atoms with Gasteiger partial charge in [-0.15, -0.1) is 10.2 Å². The van der Waals surface area contributed by atoms with Gasteiger partial charge in [0.2, 0.25) is 11.8 Å². The van der Waals surface area contributed by atoms with Gasteiger partial charge in [0, 0.05) is 19.0 Å². The summed E-state index contributed by atoms with van der Waals surface area (Å²) in [6.07, 6.45) is 2.44. The normalized spacial score (nSPS) is 24.6. The number of aromatic amines is 1. The monoisotopic (exact) mass is 264 g/mol. The molecule has 2 amide bonds. The Balaban J connectivity index is 1.57. The zero-order valence-electron chi connectivity index (χ0n) is 10.7. The number of rotatable bonds is 4. The Labute approximate surface area is 109 Å². The second kappa shape index (κ2) is 4.60. The van der Waals surface area contributed by atoms with Gasteiger partial charge in [0.25, 0.3) is 0 Å². The predicted octanol–water partition coefficient (Wildman–Crippen LogP) is -0.612. The zero-order valence-corrected chi connectivity index (χ0v) is 10.7. The maximum Gasteiger partial charge on any atom is 0.226 e. The number of nitrogens with one attached hydrogen (secondary N) is 2. The summed E-state index contributed by atoms with van der Waals surface area (Å²) >= 11 is 0. The third kappa shape index (κ3) is 2.42. The molecular weight excluding hydrogens is 248 g/mol. The number of nitrogens with zero attached hydrogens (tertiary/aromatic N) is 4. The van der Waals surface area contributed by atoms with Gasteiger partial charge in [0.05, 0.1) is 12.0 Å². The van der Waals surface area contributed by atoms with Gasteiger partial charge < -0.3 is 10.2 Å². The molecule has 1 aliphatic heterocycles. The molecule has 1 saturated carbocycles. The van der Waals surface area contributed by atoms with Crippen molar-refractivity contribution in [1.82, 2.24) is 30.8 Å². The van der Waals surface area contributed by atoms with Crippen LogP contribution < -0.4 is 5.32 Å². The lowest BCUT2D eigenvalue weighted by atomic mass is 10.1. The van der Waals surface area contributed by atoms with Crippen molar-refractivity contribution in [3.05, 3.63) is 5.82 Å². The SMILES string of the molecule is CC(NC(=O)C1CC(=O)N(C2CC2)C1)c1nn[nH]n1. The molecule has 8 nitrogen and oxygen atoms in total. The minimum atomic E-state index is -0.309. The highest BCUT2D eigenvalue weighted by Crippen LogP contribution is 2.32. The van der Waals surface area contributed by atoms with Gasteiger partial charge in [0.15, 0.2) is 5.82 Å². The molecule has 1 aliphatic carbocycles. The Kier molecular flexibility index (Phi) is 2.92. The molecule has 2 heterocycles. The number of hydrogen-bond donors (Lipinski definition) is 2. The molecular formula is C11H16N6O2. The van der Waals surface area contributed by atoms with Crippen molar-refractivity contribution < 1.29 is 9.59 Å². The number of carbonyl (C=O) groups excluding carboxylic acids is 2. The molecule has 2 atom stereocenters. The Morgan fingerprint density at radius 2 is 2.32 bits per heavy atom. The smallest absolute Gasteiger partial charge is 0.226 e. The predicted molar refractivity (Wildman–Crippen MR) is 63.6 cm³/mol. The van der Waals surface area contributed by atoms with Crippen LogP contribution in [0.5, 0.6) is 0 Å². The lowest BCUT2D eigenvalue weighted by Gasteiger charge is -2.16. The van der Waals surface area contributed by atoms with Crippen LogP contribution in [-0.4, -0.2) is 49.9 Å². The van der Waals surface area contributed by atoms with Crippen LogP contribution in [0.3, 0.4) is 0 Å². The average Bonchev–Trinajstić information content (AvgIpc) is 2.92. The van der Waals surface area contributed by atoms with E-state index in [1.54, 1.807) is 6.92 Å². The summed E-state index contributed by atoms with van der Waals surface area (Å²) in [7, 11) is 0. The number of carbonyl (C=O) groups is 2. The van der Waals surface area contributed by atoms with Crippen LogP contribution in [0.25, 0.3) is 0 Å². The maximum absolute atomic E-state index is 12.1. The van der Waals surface area contributed by atoms with Crippen molar-refractivity contribution >= 4 is 11.8 Å². The first-order chi connectivity index (χ1) is 9.15. The standard InChI is InChI=1S/C11H16N6O2/c1-6(10-13-15-16-14-10)12-11(19)7-4-9(18)17(5-7)8-2-3-8/h6-8H,2-5H2,1H3,(H,12,19)(H,13,14,15,16). The van der Waals surface area contributed by atoms with Crippen molar-refractivity contribution in [3.8, 4) is 0 Å². The highest BCUT2D eigenvalue weighted by Gasteiger charge is 2.41. The van der Waals surface area contributed by atoms with E-state index in [4.69, 9.17) is 0 Å². The van der Waals surface area contributed by atoms with E-state index in [0.29, 0.717) is 24.8 Å².